The molecule has 0 heterocycles. The standard InChI is InChI=1S/C14H19N3O2S/c1-4-10-17(11-5-2)14(15)16-20(18,19)13-8-6-12(3)7-9-13/h4-9H,1-2,10-11H2,3H3,(H2,15,16). The van der Waals surface area contributed by atoms with Gasteiger partial charge in [-0.3, -0.25) is 0 Å². The van der Waals surface area contributed by atoms with Crippen molar-refractivity contribution in [2.75, 3.05) is 13.1 Å². The van der Waals surface area contributed by atoms with Gasteiger partial charge in [0, 0.05) is 13.1 Å². The molecule has 6 heteroatoms. The van der Waals surface area contributed by atoms with E-state index in [0.29, 0.717) is 13.1 Å². The van der Waals surface area contributed by atoms with Gasteiger partial charge in [0.2, 0.25) is 5.96 Å². The van der Waals surface area contributed by atoms with E-state index in [1.165, 1.54) is 12.1 Å². The highest BCUT2D eigenvalue weighted by atomic mass is 32.2. The molecule has 1 aromatic carbocycles. The minimum absolute atomic E-state index is 0.0784. The number of nitrogens with two attached hydrogens (primary N) is 1. The molecule has 0 atom stereocenters. The Morgan fingerprint density at radius 2 is 1.75 bits per heavy atom. The van der Waals surface area contributed by atoms with Crippen molar-refractivity contribution in [2.24, 2.45) is 10.1 Å². The molecule has 108 valence electrons. The molecule has 5 nitrogen and oxygen atoms in total. The van der Waals surface area contributed by atoms with Gasteiger partial charge in [-0.05, 0) is 19.1 Å². The molecule has 0 fully saturated rings. The second-order valence-electron chi connectivity index (χ2n) is 4.22. The molecule has 0 aliphatic rings. The van der Waals surface area contributed by atoms with Gasteiger partial charge in [0.15, 0.2) is 0 Å². The summed E-state index contributed by atoms with van der Waals surface area (Å²) in [7, 11) is -3.81. The Bertz CT molecular complexity index is 594. The molecule has 0 aliphatic carbocycles. The molecule has 0 radical (unpaired) electrons. The number of rotatable bonds is 6. The van der Waals surface area contributed by atoms with Crippen LogP contribution in [0.25, 0.3) is 0 Å². The van der Waals surface area contributed by atoms with Crippen molar-refractivity contribution in [1.82, 2.24) is 4.90 Å². The van der Waals surface area contributed by atoms with E-state index in [2.05, 4.69) is 17.6 Å². The highest BCUT2D eigenvalue weighted by Crippen LogP contribution is 2.13. The van der Waals surface area contributed by atoms with E-state index >= 15 is 0 Å². The normalized spacial score (nSPS) is 11.9. The van der Waals surface area contributed by atoms with Gasteiger partial charge in [0.05, 0.1) is 4.90 Å². The number of hydrogen-bond donors (Lipinski definition) is 1. The minimum Gasteiger partial charge on any atom is -0.369 e. The van der Waals surface area contributed by atoms with Crippen LogP contribution in [0, 0.1) is 6.92 Å². The topological polar surface area (TPSA) is 75.8 Å². The smallest absolute Gasteiger partial charge is 0.285 e. The third-order valence-electron chi connectivity index (χ3n) is 2.56. The molecule has 2 N–H and O–H groups in total. The average Bonchev–Trinajstić information content (AvgIpc) is 2.38. The molecular formula is C14H19N3O2S. The summed E-state index contributed by atoms with van der Waals surface area (Å²) in [5.41, 5.74) is 6.72. The molecule has 1 aromatic rings. The second-order valence-corrected chi connectivity index (χ2v) is 5.82. The third-order valence-corrected chi connectivity index (χ3v) is 3.85. The zero-order valence-electron chi connectivity index (χ0n) is 11.5. The Balaban J connectivity index is 3.08. The number of benzene rings is 1. The number of sulfonamides is 1. The first-order valence-corrected chi connectivity index (χ1v) is 7.48. The Labute approximate surface area is 120 Å². The largest absolute Gasteiger partial charge is 0.369 e. The van der Waals surface area contributed by atoms with Gasteiger partial charge in [-0.1, -0.05) is 29.8 Å². The minimum atomic E-state index is -3.81. The highest BCUT2D eigenvalue weighted by Gasteiger charge is 2.15. The van der Waals surface area contributed by atoms with Crippen molar-refractivity contribution in [1.29, 1.82) is 0 Å². The average molecular weight is 293 g/mol. The quantitative estimate of drug-likeness (QED) is 0.492. The molecule has 0 saturated heterocycles. The fraction of sp³-hybridized carbons (Fsp3) is 0.214. The van der Waals surface area contributed by atoms with Crippen LogP contribution in [0.4, 0.5) is 0 Å². The van der Waals surface area contributed by atoms with Crippen LogP contribution in [0.1, 0.15) is 5.56 Å². The second kappa shape index (κ2) is 6.91. The molecule has 0 aromatic heterocycles. The molecular weight excluding hydrogens is 274 g/mol. The fourth-order valence-electron chi connectivity index (χ4n) is 1.52. The summed E-state index contributed by atoms with van der Waals surface area (Å²) >= 11 is 0. The summed E-state index contributed by atoms with van der Waals surface area (Å²) in [6.07, 6.45) is 3.23. The Kier molecular flexibility index (Phi) is 5.52. The number of nitrogens with zero attached hydrogens (tertiary/aromatic N) is 2. The van der Waals surface area contributed by atoms with Crippen molar-refractivity contribution < 1.29 is 8.42 Å². The van der Waals surface area contributed by atoms with E-state index < -0.39 is 10.0 Å². The van der Waals surface area contributed by atoms with Gasteiger partial charge in [0.25, 0.3) is 10.0 Å². The zero-order valence-corrected chi connectivity index (χ0v) is 12.3. The van der Waals surface area contributed by atoms with Crippen LogP contribution in [-0.4, -0.2) is 32.4 Å². The summed E-state index contributed by atoms with van der Waals surface area (Å²) in [5, 5.41) is 0. The molecule has 1 rings (SSSR count). The van der Waals surface area contributed by atoms with Crippen LogP contribution in [0.2, 0.25) is 0 Å². The van der Waals surface area contributed by atoms with Crippen LogP contribution in [0.15, 0.2) is 58.9 Å². The lowest BCUT2D eigenvalue weighted by molar-refractivity contribution is 0.507. The molecule has 0 saturated carbocycles. The van der Waals surface area contributed by atoms with Crippen molar-refractivity contribution in [3.8, 4) is 0 Å². The SMILES string of the molecule is C=CCN(CC=C)/C(N)=N\S(=O)(=O)c1ccc(C)cc1. The maximum Gasteiger partial charge on any atom is 0.285 e. The van der Waals surface area contributed by atoms with Gasteiger partial charge in [-0.15, -0.1) is 17.6 Å². The predicted molar refractivity (Wildman–Crippen MR) is 82.0 cm³/mol. The maximum absolute atomic E-state index is 12.1. The summed E-state index contributed by atoms with van der Waals surface area (Å²) in [5.74, 6) is -0.0784. The predicted octanol–water partition coefficient (Wildman–Crippen LogP) is 1.67. The third kappa shape index (κ3) is 4.24. The molecule has 0 amide bonds. The van der Waals surface area contributed by atoms with Gasteiger partial charge in [-0.25, -0.2) is 0 Å². The maximum atomic E-state index is 12.1. The molecule has 20 heavy (non-hydrogen) atoms. The van der Waals surface area contributed by atoms with Crippen molar-refractivity contribution in [2.45, 2.75) is 11.8 Å². The van der Waals surface area contributed by atoms with Gasteiger partial charge < -0.3 is 10.6 Å². The van der Waals surface area contributed by atoms with E-state index in [1.807, 2.05) is 6.92 Å². The molecule has 0 bridgehead atoms. The first-order chi connectivity index (χ1) is 9.40. The van der Waals surface area contributed by atoms with E-state index in [0.717, 1.165) is 5.56 Å². The van der Waals surface area contributed by atoms with E-state index in [-0.39, 0.29) is 10.9 Å². The molecule has 0 aliphatic heterocycles. The van der Waals surface area contributed by atoms with Gasteiger partial charge in [0.1, 0.15) is 0 Å². The number of hydrogen-bond acceptors (Lipinski definition) is 2. The zero-order chi connectivity index (χ0) is 15.2. The van der Waals surface area contributed by atoms with Gasteiger partial charge in [-0.2, -0.15) is 8.42 Å². The molecule has 0 unspecified atom stereocenters. The fourth-order valence-corrected chi connectivity index (χ4v) is 2.46. The lowest BCUT2D eigenvalue weighted by atomic mass is 10.2. The lowest BCUT2D eigenvalue weighted by Gasteiger charge is -2.19. The highest BCUT2D eigenvalue weighted by molar-refractivity contribution is 7.90. The van der Waals surface area contributed by atoms with Crippen LogP contribution in [0.3, 0.4) is 0 Å². The first kappa shape index (κ1) is 16.0. The van der Waals surface area contributed by atoms with E-state index in [1.54, 1.807) is 29.2 Å². The van der Waals surface area contributed by atoms with Crippen molar-refractivity contribution in [3.63, 3.8) is 0 Å². The van der Waals surface area contributed by atoms with Crippen molar-refractivity contribution >= 4 is 16.0 Å². The van der Waals surface area contributed by atoms with E-state index in [4.69, 9.17) is 5.73 Å². The van der Waals surface area contributed by atoms with Gasteiger partial charge >= 0.3 is 0 Å². The molecule has 0 spiro atoms. The summed E-state index contributed by atoms with van der Waals surface area (Å²) in [4.78, 5) is 1.68. The monoisotopic (exact) mass is 293 g/mol. The Morgan fingerprint density at radius 3 is 2.20 bits per heavy atom. The van der Waals surface area contributed by atoms with Crippen LogP contribution in [-0.2, 0) is 10.0 Å². The summed E-state index contributed by atoms with van der Waals surface area (Å²) in [6, 6.07) is 6.44. The Morgan fingerprint density at radius 1 is 1.25 bits per heavy atom. The summed E-state index contributed by atoms with van der Waals surface area (Å²) < 4.78 is 27.9. The summed E-state index contributed by atoms with van der Waals surface area (Å²) in [6.45, 7) is 9.85. The van der Waals surface area contributed by atoms with E-state index in [9.17, 15) is 8.42 Å². The Hall–Kier alpha value is -2.08. The van der Waals surface area contributed by atoms with Crippen LogP contribution < -0.4 is 5.73 Å². The lowest BCUT2D eigenvalue weighted by Crippen LogP contribution is -2.38. The van der Waals surface area contributed by atoms with Crippen LogP contribution in [0.5, 0.6) is 0 Å². The number of guanidine groups is 1. The van der Waals surface area contributed by atoms with Crippen molar-refractivity contribution in [3.05, 3.63) is 55.1 Å². The van der Waals surface area contributed by atoms with Crippen LogP contribution >= 0.6 is 0 Å². The first-order valence-electron chi connectivity index (χ1n) is 6.04. The number of aryl methyl sites for hydroxylation is 1.